The van der Waals surface area contributed by atoms with Gasteiger partial charge in [0, 0.05) is 0 Å². The molecule has 2 aliphatic carbocycles. The molecular formula is C7H11F. The summed E-state index contributed by atoms with van der Waals surface area (Å²) in [6, 6.07) is 0. The van der Waals surface area contributed by atoms with Crippen LogP contribution in [0.3, 0.4) is 0 Å². The second kappa shape index (κ2) is 1.26. The molecule has 0 spiro atoms. The number of hydrogen-bond acceptors (Lipinski definition) is 0. The number of halogens is 1. The molecule has 8 heavy (non-hydrogen) atoms. The van der Waals surface area contributed by atoms with Gasteiger partial charge in [-0.1, -0.05) is 6.92 Å². The molecule has 0 aliphatic heterocycles. The molecule has 46 valence electrons. The molecular weight excluding hydrogens is 103 g/mol. The first-order chi connectivity index (χ1) is 3.79. The third-order valence-electron chi connectivity index (χ3n) is 2.82. The van der Waals surface area contributed by atoms with Gasteiger partial charge in [-0.3, -0.25) is 0 Å². The van der Waals surface area contributed by atoms with E-state index in [9.17, 15) is 4.39 Å². The van der Waals surface area contributed by atoms with Gasteiger partial charge in [-0.2, -0.15) is 0 Å². The van der Waals surface area contributed by atoms with Crippen molar-refractivity contribution in [2.24, 2.45) is 17.8 Å². The van der Waals surface area contributed by atoms with Crippen LogP contribution in [-0.4, -0.2) is 6.17 Å². The summed E-state index contributed by atoms with van der Waals surface area (Å²) in [6.45, 7) is 2.24. The molecule has 0 radical (unpaired) electrons. The van der Waals surface area contributed by atoms with E-state index in [2.05, 4.69) is 6.92 Å². The fourth-order valence-corrected chi connectivity index (χ4v) is 2.10. The molecule has 2 aliphatic rings. The van der Waals surface area contributed by atoms with E-state index < -0.39 is 6.17 Å². The monoisotopic (exact) mass is 114 g/mol. The van der Waals surface area contributed by atoms with Crippen LogP contribution in [-0.2, 0) is 0 Å². The summed E-state index contributed by atoms with van der Waals surface area (Å²) < 4.78 is 12.4. The molecule has 2 saturated carbocycles. The smallest absolute Gasteiger partial charge is 0.101 e. The molecule has 0 aromatic heterocycles. The molecule has 0 heterocycles. The average Bonchev–Trinajstić information content (AvgIpc) is 2.29. The van der Waals surface area contributed by atoms with Crippen molar-refractivity contribution in [2.45, 2.75) is 25.9 Å². The van der Waals surface area contributed by atoms with Crippen molar-refractivity contribution >= 4 is 0 Å². The second-order valence-electron chi connectivity index (χ2n) is 3.26. The Hall–Kier alpha value is -0.0700. The van der Waals surface area contributed by atoms with Gasteiger partial charge in [0.05, 0.1) is 0 Å². The lowest BCUT2D eigenvalue weighted by Crippen LogP contribution is -1.96. The van der Waals surface area contributed by atoms with E-state index in [1.165, 1.54) is 0 Å². The van der Waals surface area contributed by atoms with Crippen molar-refractivity contribution < 1.29 is 4.39 Å². The van der Waals surface area contributed by atoms with E-state index in [0.717, 1.165) is 30.6 Å². The van der Waals surface area contributed by atoms with Gasteiger partial charge in [0.25, 0.3) is 0 Å². The predicted octanol–water partition coefficient (Wildman–Crippen LogP) is 2.00. The molecule has 2 fully saturated rings. The molecule has 0 unspecified atom stereocenters. The second-order valence-corrected chi connectivity index (χ2v) is 3.26. The van der Waals surface area contributed by atoms with Crippen LogP contribution >= 0.6 is 0 Å². The Morgan fingerprint density at radius 2 is 1.75 bits per heavy atom. The van der Waals surface area contributed by atoms with Crippen LogP contribution in [0.2, 0.25) is 0 Å². The summed E-state index contributed by atoms with van der Waals surface area (Å²) in [5.41, 5.74) is 0. The molecule has 0 aromatic rings. The largest absolute Gasteiger partial charge is 0.247 e. The van der Waals surface area contributed by atoms with Crippen LogP contribution in [0.5, 0.6) is 0 Å². The third kappa shape index (κ3) is 0.448. The fourth-order valence-electron chi connectivity index (χ4n) is 2.10. The highest BCUT2D eigenvalue weighted by atomic mass is 19.1. The summed E-state index contributed by atoms with van der Waals surface area (Å²) in [4.78, 5) is 0. The summed E-state index contributed by atoms with van der Waals surface area (Å²) in [5, 5.41) is 0. The highest BCUT2D eigenvalue weighted by Gasteiger charge is 2.53. The molecule has 0 aromatic carbocycles. The Labute approximate surface area is 49.1 Å². The average molecular weight is 114 g/mol. The summed E-state index contributed by atoms with van der Waals surface area (Å²) in [6.07, 6.45) is 1.29. The van der Waals surface area contributed by atoms with Gasteiger partial charge in [0.1, 0.15) is 6.17 Å². The lowest BCUT2D eigenvalue weighted by molar-refractivity contribution is 0.303. The Morgan fingerprint density at radius 3 is 2.12 bits per heavy atom. The van der Waals surface area contributed by atoms with Gasteiger partial charge >= 0.3 is 0 Å². The molecule has 2 rings (SSSR count). The Morgan fingerprint density at radius 1 is 1.25 bits per heavy atom. The van der Waals surface area contributed by atoms with Crippen molar-refractivity contribution in [3.8, 4) is 0 Å². The van der Waals surface area contributed by atoms with E-state index in [-0.39, 0.29) is 0 Å². The lowest BCUT2D eigenvalue weighted by atomic mass is 10.1. The first-order valence-electron chi connectivity index (χ1n) is 3.43. The standard InChI is InChI=1S/C7H11F/c1-4-6-2-5(8)3-7(4)6/h4-7H,2-3H2,1H3/t4-,5-,6-,7+. The van der Waals surface area contributed by atoms with Gasteiger partial charge in [0.2, 0.25) is 0 Å². The maximum absolute atomic E-state index is 12.4. The zero-order valence-electron chi connectivity index (χ0n) is 5.10. The third-order valence-corrected chi connectivity index (χ3v) is 2.82. The van der Waals surface area contributed by atoms with Crippen LogP contribution in [0.1, 0.15) is 19.8 Å². The lowest BCUT2D eigenvalue weighted by Gasteiger charge is -1.98. The zero-order chi connectivity index (χ0) is 5.72. The Kier molecular flexibility index (Phi) is 0.750. The topological polar surface area (TPSA) is 0 Å². The van der Waals surface area contributed by atoms with E-state index in [4.69, 9.17) is 0 Å². The number of hydrogen-bond donors (Lipinski definition) is 0. The van der Waals surface area contributed by atoms with Crippen LogP contribution < -0.4 is 0 Å². The van der Waals surface area contributed by atoms with Gasteiger partial charge in [0.15, 0.2) is 0 Å². The quantitative estimate of drug-likeness (QED) is 0.452. The Bertz CT molecular complexity index is 99.0. The van der Waals surface area contributed by atoms with Crippen LogP contribution in [0, 0.1) is 17.8 Å². The van der Waals surface area contributed by atoms with E-state index in [1.54, 1.807) is 0 Å². The summed E-state index contributed by atoms with van der Waals surface area (Å²) in [7, 11) is 0. The SMILES string of the molecule is C[C@@H]1[C@H]2C[C@@H](F)C[C@@H]12. The van der Waals surface area contributed by atoms with Crippen LogP contribution in [0.4, 0.5) is 4.39 Å². The van der Waals surface area contributed by atoms with Gasteiger partial charge in [-0.25, -0.2) is 4.39 Å². The first kappa shape index (κ1) is 4.78. The van der Waals surface area contributed by atoms with Crippen molar-refractivity contribution in [2.75, 3.05) is 0 Å². The number of alkyl halides is 1. The van der Waals surface area contributed by atoms with Crippen molar-refractivity contribution in [3.05, 3.63) is 0 Å². The molecule has 4 atom stereocenters. The summed E-state index contributed by atoms with van der Waals surface area (Å²) >= 11 is 0. The molecule has 0 amide bonds. The van der Waals surface area contributed by atoms with E-state index in [1.807, 2.05) is 0 Å². The normalized spacial score (nSPS) is 60.8. The highest BCUT2D eigenvalue weighted by molar-refractivity contribution is 5.01. The fraction of sp³-hybridized carbons (Fsp3) is 1.00. The number of rotatable bonds is 0. The van der Waals surface area contributed by atoms with E-state index in [0.29, 0.717) is 0 Å². The predicted molar refractivity (Wildman–Crippen MR) is 30.3 cm³/mol. The minimum Gasteiger partial charge on any atom is -0.247 e. The first-order valence-corrected chi connectivity index (χ1v) is 3.43. The maximum Gasteiger partial charge on any atom is 0.101 e. The van der Waals surface area contributed by atoms with E-state index >= 15 is 0 Å². The minimum atomic E-state index is -0.443. The molecule has 1 heteroatoms. The number of fused-ring (bicyclic) bond motifs is 1. The molecule has 0 saturated heterocycles. The van der Waals surface area contributed by atoms with Crippen LogP contribution in [0.25, 0.3) is 0 Å². The molecule has 0 bridgehead atoms. The van der Waals surface area contributed by atoms with Gasteiger partial charge in [-0.15, -0.1) is 0 Å². The van der Waals surface area contributed by atoms with Crippen molar-refractivity contribution in [1.29, 1.82) is 0 Å². The van der Waals surface area contributed by atoms with Crippen LogP contribution in [0.15, 0.2) is 0 Å². The highest BCUT2D eigenvalue weighted by Crippen LogP contribution is 2.57. The molecule has 0 nitrogen and oxygen atoms in total. The zero-order valence-corrected chi connectivity index (χ0v) is 5.10. The van der Waals surface area contributed by atoms with Gasteiger partial charge in [-0.05, 0) is 30.6 Å². The minimum absolute atomic E-state index is 0.443. The van der Waals surface area contributed by atoms with Crippen molar-refractivity contribution in [1.82, 2.24) is 0 Å². The Balaban J connectivity index is 2.00. The summed E-state index contributed by atoms with van der Waals surface area (Å²) in [5.74, 6) is 2.43. The molecule has 0 N–H and O–H groups in total. The van der Waals surface area contributed by atoms with Gasteiger partial charge < -0.3 is 0 Å². The maximum atomic E-state index is 12.4. The van der Waals surface area contributed by atoms with Crippen molar-refractivity contribution in [3.63, 3.8) is 0 Å².